The monoisotopic (exact) mass is 1320 g/mol. The normalized spacial score (nSPS) is 23.7. The number of hydrogen-bond acceptors (Lipinski definition) is 11. The predicted molar refractivity (Wildman–Crippen MR) is 308 cm³/mol. The van der Waals surface area contributed by atoms with Crippen LogP contribution < -0.4 is 38.6 Å². The van der Waals surface area contributed by atoms with Crippen LogP contribution in [-0.4, -0.2) is 93.8 Å². The van der Waals surface area contributed by atoms with Gasteiger partial charge in [-0.1, -0.05) is 41.9 Å². The van der Waals surface area contributed by atoms with Crippen LogP contribution in [0.5, 0.6) is 34.5 Å². The Hall–Kier alpha value is -7.06. The minimum Gasteiger partial charge on any atom is -0.493 e. The zero-order valence-corrected chi connectivity index (χ0v) is 50.0. The molecule has 0 spiro atoms. The van der Waals surface area contributed by atoms with Gasteiger partial charge in [0.2, 0.25) is 0 Å². The van der Waals surface area contributed by atoms with E-state index >= 15 is 0 Å². The van der Waals surface area contributed by atoms with E-state index in [2.05, 4.69) is 44.5 Å². The lowest BCUT2D eigenvalue weighted by Crippen LogP contribution is -2.47. The van der Waals surface area contributed by atoms with Crippen LogP contribution in [0.4, 0.5) is 71.7 Å². The highest BCUT2D eigenvalue weighted by molar-refractivity contribution is 6.29. The van der Waals surface area contributed by atoms with E-state index in [0.717, 1.165) is 132 Å². The topological polar surface area (TPSA) is 99.7 Å². The molecule has 3 unspecified atom stereocenters. The molecule has 9 atom stereocenters. The van der Waals surface area contributed by atoms with Crippen LogP contribution in [0.3, 0.4) is 0 Å². The van der Waals surface area contributed by atoms with Crippen LogP contribution in [-0.2, 0) is 37.4 Å². The second-order valence-electron chi connectivity index (χ2n) is 23.1. The zero-order chi connectivity index (χ0) is 65.6. The van der Waals surface area contributed by atoms with Gasteiger partial charge >= 0.3 is 30.9 Å². The van der Waals surface area contributed by atoms with E-state index in [1.165, 1.54) is 51.2 Å². The molecule has 6 aromatic rings. The lowest BCUT2D eigenvalue weighted by atomic mass is 9.94. The van der Waals surface area contributed by atoms with Crippen LogP contribution in [0.1, 0.15) is 73.3 Å². The van der Waals surface area contributed by atoms with Gasteiger partial charge in [-0.05, 0) is 123 Å². The first-order valence-electron chi connectivity index (χ1n) is 29.2. The molecule has 91 heavy (non-hydrogen) atoms. The fraction of sp³-hybridized carbons (Fsp3) is 0.469. The fourth-order valence-corrected chi connectivity index (χ4v) is 12.9. The summed E-state index contributed by atoms with van der Waals surface area (Å²) < 4.78 is 223. The van der Waals surface area contributed by atoms with E-state index in [4.69, 9.17) is 40.0 Å². The van der Waals surface area contributed by atoms with E-state index < -0.39 is 58.7 Å². The molecule has 12 rings (SSSR count). The van der Waals surface area contributed by atoms with Gasteiger partial charge in [-0.15, -0.1) is 0 Å². The third-order valence-electron chi connectivity index (χ3n) is 17.2. The van der Waals surface area contributed by atoms with E-state index in [-0.39, 0.29) is 59.7 Å². The van der Waals surface area contributed by atoms with Gasteiger partial charge in [0.1, 0.15) is 29.3 Å². The Balaban J connectivity index is 0.000000165. The van der Waals surface area contributed by atoms with Crippen molar-refractivity contribution in [1.29, 1.82) is 0 Å². The minimum absolute atomic E-state index is 0. The number of nitrogens with zero attached hydrogens (tertiary/aromatic N) is 4. The summed E-state index contributed by atoms with van der Waals surface area (Å²) in [6.07, 6.45) is -14.5. The van der Waals surface area contributed by atoms with Crippen molar-refractivity contribution < 1.29 is 95.7 Å². The van der Waals surface area contributed by atoms with Crippen molar-refractivity contribution in [3.05, 3.63) is 160 Å². The summed E-state index contributed by atoms with van der Waals surface area (Å²) in [6, 6.07) is 24.8. The molecule has 496 valence electrons. The highest BCUT2D eigenvalue weighted by atomic mass is 35.5. The largest absolute Gasteiger partial charge is 0.493 e. The summed E-state index contributed by atoms with van der Waals surface area (Å²) in [5.74, 6) is 3.59. The van der Waals surface area contributed by atoms with Gasteiger partial charge in [-0.2, -0.15) is 65.9 Å². The number of hydrogen-bond donors (Lipinski definition) is 1. The highest BCUT2D eigenvalue weighted by Crippen LogP contribution is 2.47. The number of rotatable bonds is 12. The van der Waals surface area contributed by atoms with Gasteiger partial charge in [0.15, 0.2) is 34.5 Å². The number of methoxy groups -OCH3 is 3. The third-order valence-corrected chi connectivity index (χ3v) is 17.4. The predicted octanol–water partition coefficient (Wildman–Crippen LogP) is 16.5. The number of ether oxygens (including phenoxy) is 6. The number of likely N-dealkylation sites (tertiary alicyclic amines) is 1. The molecule has 0 radical (unpaired) electrons. The van der Waals surface area contributed by atoms with E-state index in [1.807, 2.05) is 11.0 Å². The number of anilines is 1. The van der Waals surface area contributed by atoms with Crippen LogP contribution in [0.15, 0.2) is 122 Å². The first kappa shape index (κ1) is 68.3. The SMILES string of the molecule is COc1cc(C(F)(F)F)ccc1OC1[C@@H]2CC[C@H]1CN(Cc1ccccc1)C2.COc1cc(C(F)(F)F)ccc1OC1[C@@H]2CC[C@H]1CN(c1ccc(C(F)(F)F)cn1)C2.COc1cc(C(F)(F)F)ccc1OC1[C@@H]2CC[C@H]1CNC2.FC(F)(F)c1ccc(Cl)nc1.[HH]. The van der Waals surface area contributed by atoms with Gasteiger partial charge in [-0.25, -0.2) is 9.97 Å². The first-order valence-corrected chi connectivity index (χ1v) is 29.6. The number of alkyl halides is 15. The van der Waals surface area contributed by atoms with Crippen LogP contribution in [0, 0.1) is 35.5 Å². The molecular weight excluding hydrogens is 1260 g/mol. The van der Waals surface area contributed by atoms with Gasteiger partial charge in [0, 0.05) is 95.1 Å². The van der Waals surface area contributed by atoms with Gasteiger partial charge in [0.25, 0.3) is 0 Å². The van der Waals surface area contributed by atoms with Crippen molar-refractivity contribution in [2.24, 2.45) is 35.5 Å². The number of fused-ring (bicyclic) bond motifs is 6. The number of benzene rings is 4. The Labute approximate surface area is 521 Å². The quantitative estimate of drug-likeness (QED) is 0.0937. The van der Waals surface area contributed by atoms with Crippen molar-refractivity contribution in [2.75, 3.05) is 65.5 Å². The maximum atomic E-state index is 13.0. The van der Waals surface area contributed by atoms with Crippen LogP contribution in [0.2, 0.25) is 5.15 Å². The van der Waals surface area contributed by atoms with Crippen LogP contribution >= 0.6 is 11.6 Å². The molecule has 3 aliphatic carbocycles. The van der Waals surface area contributed by atoms with Crippen molar-refractivity contribution in [2.45, 2.75) is 94.3 Å². The maximum absolute atomic E-state index is 13.0. The molecule has 1 N–H and O–H groups in total. The van der Waals surface area contributed by atoms with E-state index in [9.17, 15) is 65.9 Å². The Morgan fingerprint density at radius 1 is 0.429 bits per heavy atom. The van der Waals surface area contributed by atoms with Crippen molar-refractivity contribution in [1.82, 2.24) is 20.2 Å². The molecule has 5 heterocycles. The van der Waals surface area contributed by atoms with E-state index in [0.29, 0.717) is 60.3 Å². The summed E-state index contributed by atoms with van der Waals surface area (Å²) >= 11 is 5.28. The maximum Gasteiger partial charge on any atom is 0.417 e. The van der Waals surface area contributed by atoms with Crippen molar-refractivity contribution in [3.63, 3.8) is 0 Å². The fourth-order valence-electron chi connectivity index (χ4n) is 12.8. The molecule has 11 nitrogen and oxygen atoms in total. The second kappa shape index (κ2) is 28.4. The van der Waals surface area contributed by atoms with Gasteiger partial charge in [0.05, 0.1) is 49.1 Å². The first-order chi connectivity index (χ1) is 43.0. The minimum atomic E-state index is -4.48. The lowest BCUT2D eigenvalue weighted by molar-refractivity contribution is -0.138. The second-order valence-corrected chi connectivity index (χ2v) is 23.5. The number of pyridine rings is 2. The molecular formula is C64H67ClF15N5O6. The number of nitrogens with one attached hydrogen (secondary N) is 1. The highest BCUT2D eigenvalue weighted by Gasteiger charge is 2.47. The average Bonchev–Trinajstić information content (AvgIpc) is 1.77. The molecule has 3 aliphatic heterocycles. The smallest absolute Gasteiger partial charge is 0.417 e. The van der Waals surface area contributed by atoms with Crippen LogP contribution in [0.25, 0.3) is 0 Å². The summed E-state index contributed by atoms with van der Waals surface area (Å²) in [5, 5.41) is 3.41. The number of aromatic nitrogens is 2. The molecule has 6 fully saturated rings. The van der Waals surface area contributed by atoms with Gasteiger partial charge < -0.3 is 38.6 Å². The number of halogens is 16. The molecule has 2 aromatic heterocycles. The summed E-state index contributed by atoms with van der Waals surface area (Å²) in [6.45, 7) is 5.71. The molecule has 3 saturated heterocycles. The Morgan fingerprint density at radius 3 is 1.13 bits per heavy atom. The summed E-state index contributed by atoms with van der Waals surface area (Å²) in [4.78, 5) is 11.7. The van der Waals surface area contributed by atoms with Crippen molar-refractivity contribution >= 4 is 17.4 Å². The number of piperidine rings is 3. The molecule has 3 saturated carbocycles. The average molecular weight is 1320 g/mol. The lowest BCUT2D eigenvalue weighted by Gasteiger charge is -2.38. The zero-order valence-electron chi connectivity index (χ0n) is 49.2. The Bertz CT molecular complexity index is 3300. The van der Waals surface area contributed by atoms with Crippen molar-refractivity contribution in [3.8, 4) is 34.5 Å². The molecule has 4 aromatic carbocycles. The molecule has 6 aliphatic rings. The Kier molecular flexibility index (Phi) is 21.3. The van der Waals surface area contributed by atoms with Gasteiger partial charge in [-0.3, -0.25) is 4.90 Å². The molecule has 0 amide bonds. The third kappa shape index (κ3) is 17.4. The Morgan fingerprint density at radius 2 is 0.780 bits per heavy atom. The summed E-state index contributed by atoms with van der Waals surface area (Å²) in [5.41, 5.74) is -2.56. The van der Waals surface area contributed by atoms with E-state index in [1.54, 1.807) is 0 Å². The molecule has 6 bridgehead atoms. The standard InChI is InChI=1S/C22H24F3NO2.C21H20F6N2O2.C15H18F3NO2.C6H3ClF3N.H2/c1-27-20-11-18(22(23,24)25)9-10-19(20)28-21-16-7-8-17(21)14-26(13-16)12-15-5-3-2-4-6-15;1-30-17-8-14(20(22,23)24)4-6-16(17)31-19-12-2-3-13(19)11-29(10-12)18-7-5-15(9-28-18)21(25,26)27;1-20-13-6-11(15(16,17)18)4-5-12(13)21-14-9-2-3-10(14)8-19-7-9;7-5-2-1-4(3-11-5)6(8,9)10;/h2-6,9-11,16-17,21H,7-8,12-14H2,1H3;4-9,12-13,19H,2-3,10-11H2,1H3;4-6,9-10,14,19H,2-3,7-8H2,1H3;1-3H;1H/t16-,17+,21?;12-,13+,19?;9-,10+,14?;;. The summed E-state index contributed by atoms with van der Waals surface area (Å²) in [7, 11) is 4.02. The molecule has 27 heteroatoms.